The first-order valence-corrected chi connectivity index (χ1v) is 7.19. The van der Waals surface area contributed by atoms with Gasteiger partial charge in [0.1, 0.15) is 24.4 Å². The topological polar surface area (TPSA) is 157 Å². The SMILES string of the molecule is O=S(=O)([O-])C[C@H]1OC(OCCCO)[C@H](O)[C@@H](O)[C@@H]1O.[Y]. The molecule has 0 spiro atoms. The van der Waals surface area contributed by atoms with Gasteiger partial charge in [0.05, 0.1) is 22.5 Å². The van der Waals surface area contributed by atoms with Crippen molar-refractivity contribution < 1.29 is 75.6 Å². The van der Waals surface area contributed by atoms with Gasteiger partial charge in [0, 0.05) is 39.3 Å². The summed E-state index contributed by atoms with van der Waals surface area (Å²) in [6.07, 6.45) is -7.61. The van der Waals surface area contributed by atoms with E-state index in [0.29, 0.717) is 0 Å². The van der Waals surface area contributed by atoms with E-state index in [1.807, 2.05) is 0 Å². The number of rotatable bonds is 6. The Labute approximate surface area is 141 Å². The van der Waals surface area contributed by atoms with Gasteiger partial charge in [0.25, 0.3) is 0 Å². The molecule has 5 atom stereocenters. The number of hydrogen-bond donors (Lipinski definition) is 4. The number of aliphatic hydroxyl groups excluding tert-OH is 4. The van der Waals surface area contributed by atoms with Gasteiger partial charge < -0.3 is 34.5 Å². The molecule has 0 amide bonds. The molecule has 9 nitrogen and oxygen atoms in total. The van der Waals surface area contributed by atoms with Crippen molar-refractivity contribution in [3.63, 3.8) is 0 Å². The Balaban J connectivity index is 0.00000361. The van der Waals surface area contributed by atoms with Crippen LogP contribution < -0.4 is 0 Å². The molecule has 1 rings (SSSR count). The van der Waals surface area contributed by atoms with Gasteiger partial charge in [-0.2, -0.15) is 0 Å². The molecule has 1 fully saturated rings. The minimum atomic E-state index is -4.67. The summed E-state index contributed by atoms with van der Waals surface area (Å²) in [6, 6.07) is 0. The Kier molecular flexibility index (Phi) is 9.38. The van der Waals surface area contributed by atoms with Crippen LogP contribution in [0.1, 0.15) is 6.42 Å². The predicted octanol–water partition coefficient (Wildman–Crippen LogP) is -3.26. The maximum Gasteiger partial charge on any atom is 0.186 e. The molecule has 1 heterocycles. The summed E-state index contributed by atoms with van der Waals surface area (Å²) >= 11 is 0. The van der Waals surface area contributed by atoms with Gasteiger partial charge in [0.15, 0.2) is 6.29 Å². The summed E-state index contributed by atoms with van der Waals surface area (Å²) in [7, 11) is -4.67. The van der Waals surface area contributed by atoms with Gasteiger partial charge in [-0.25, -0.2) is 8.42 Å². The fourth-order valence-electron chi connectivity index (χ4n) is 1.66. The van der Waals surface area contributed by atoms with Crippen molar-refractivity contribution in [1.29, 1.82) is 0 Å². The van der Waals surface area contributed by atoms with Crippen LogP contribution in [0.2, 0.25) is 0 Å². The molecular weight excluding hydrogens is 373 g/mol. The first-order valence-electron chi connectivity index (χ1n) is 5.62. The van der Waals surface area contributed by atoms with Crippen LogP contribution in [0.25, 0.3) is 0 Å². The Morgan fingerprint density at radius 1 is 1.15 bits per heavy atom. The van der Waals surface area contributed by atoms with Gasteiger partial charge in [-0.05, 0) is 6.42 Å². The molecule has 0 aromatic heterocycles. The van der Waals surface area contributed by atoms with Crippen LogP contribution in [0.15, 0.2) is 0 Å². The molecule has 1 unspecified atom stereocenters. The van der Waals surface area contributed by atoms with Gasteiger partial charge in [-0.15, -0.1) is 0 Å². The molecule has 0 aromatic rings. The molecular formula is C9H17O9SY-. The van der Waals surface area contributed by atoms with E-state index >= 15 is 0 Å². The van der Waals surface area contributed by atoms with Crippen LogP contribution in [0.4, 0.5) is 0 Å². The maximum absolute atomic E-state index is 10.6. The number of aliphatic hydroxyl groups is 4. The monoisotopic (exact) mass is 390 g/mol. The van der Waals surface area contributed by atoms with Gasteiger partial charge >= 0.3 is 0 Å². The molecule has 4 N–H and O–H groups in total. The smallest absolute Gasteiger partial charge is 0.186 e. The Bertz CT molecular complexity index is 376. The molecule has 0 saturated carbocycles. The van der Waals surface area contributed by atoms with E-state index in [9.17, 15) is 28.3 Å². The van der Waals surface area contributed by atoms with E-state index in [0.717, 1.165) is 0 Å². The summed E-state index contributed by atoms with van der Waals surface area (Å²) in [5, 5.41) is 37.2. The minimum Gasteiger partial charge on any atom is -0.748 e. The van der Waals surface area contributed by atoms with E-state index in [1.54, 1.807) is 0 Å². The van der Waals surface area contributed by atoms with E-state index in [1.165, 1.54) is 0 Å². The Morgan fingerprint density at radius 2 is 1.75 bits per heavy atom. The molecule has 11 heteroatoms. The van der Waals surface area contributed by atoms with Crippen molar-refractivity contribution >= 4 is 10.1 Å². The number of hydrogen-bond acceptors (Lipinski definition) is 9. The molecule has 1 aliphatic rings. The van der Waals surface area contributed by atoms with Gasteiger partial charge in [-0.1, -0.05) is 0 Å². The molecule has 20 heavy (non-hydrogen) atoms. The fourth-order valence-corrected chi connectivity index (χ4v) is 2.34. The second-order valence-corrected chi connectivity index (χ2v) is 5.64. The minimum absolute atomic E-state index is 0. The third-order valence-corrected chi connectivity index (χ3v) is 3.36. The summed E-state index contributed by atoms with van der Waals surface area (Å²) in [5.74, 6) is -1.04. The molecule has 1 aliphatic heterocycles. The molecule has 0 bridgehead atoms. The van der Waals surface area contributed by atoms with Crippen molar-refractivity contribution in [2.75, 3.05) is 19.0 Å². The van der Waals surface area contributed by atoms with Gasteiger partial charge in [0.2, 0.25) is 0 Å². The van der Waals surface area contributed by atoms with E-state index in [4.69, 9.17) is 14.6 Å². The zero-order valence-electron chi connectivity index (χ0n) is 10.5. The zero-order chi connectivity index (χ0) is 14.6. The van der Waals surface area contributed by atoms with Crippen LogP contribution >= 0.6 is 0 Å². The van der Waals surface area contributed by atoms with Crippen LogP contribution in [0, 0.1) is 0 Å². The first kappa shape index (κ1) is 20.8. The van der Waals surface area contributed by atoms with Crippen LogP contribution in [0.3, 0.4) is 0 Å². The van der Waals surface area contributed by atoms with Crippen molar-refractivity contribution in [3.8, 4) is 0 Å². The third-order valence-electron chi connectivity index (χ3n) is 2.62. The largest absolute Gasteiger partial charge is 0.748 e. The van der Waals surface area contributed by atoms with Gasteiger partial charge in [-0.3, -0.25) is 0 Å². The first-order chi connectivity index (χ1) is 8.76. The summed E-state index contributed by atoms with van der Waals surface area (Å²) in [6.45, 7) is -0.162. The Hall–Kier alpha value is 0.774. The molecule has 0 aliphatic carbocycles. The summed E-state index contributed by atoms with van der Waals surface area (Å²) < 4.78 is 41.9. The number of ether oxygens (including phenoxy) is 2. The standard InChI is InChI=1S/C9H18O9S.Y/c10-2-1-3-17-9-8(13)7(12)6(11)5(18-9)4-19(14,15)16;/h5-13H,1-4H2,(H,14,15,16);/p-1/t5-,6-,7+,8-,9?;/m1./s1. The fraction of sp³-hybridized carbons (Fsp3) is 1.00. The summed E-state index contributed by atoms with van der Waals surface area (Å²) in [4.78, 5) is 0. The molecule has 0 aromatic carbocycles. The van der Waals surface area contributed by atoms with E-state index < -0.39 is 46.6 Å². The van der Waals surface area contributed by atoms with E-state index in [-0.39, 0.29) is 52.3 Å². The molecule has 117 valence electrons. The average Bonchev–Trinajstić information content (AvgIpc) is 2.30. The van der Waals surface area contributed by atoms with Crippen molar-refractivity contribution in [2.45, 2.75) is 37.1 Å². The van der Waals surface area contributed by atoms with Crippen LogP contribution in [0.5, 0.6) is 0 Å². The van der Waals surface area contributed by atoms with Crippen LogP contribution in [-0.4, -0.2) is 83.1 Å². The van der Waals surface area contributed by atoms with Crippen molar-refractivity contribution in [2.24, 2.45) is 0 Å². The zero-order valence-corrected chi connectivity index (χ0v) is 14.2. The Morgan fingerprint density at radius 3 is 2.25 bits per heavy atom. The van der Waals surface area contributed by atoms with Crippen molar-refractivity contribution in [1.82, 2.24) is 0 Å². The normalized spacial score (nSPS) is 34.5. The summed E-state index contributed by atoms with van der Waals surface area (Å²) in [5.41, 5.74) is 0. The average molecular weight is 390 g/mol. The predicted molar refractivity (Wildman–Crippen MR) is 58.9 cm³/mol. The second kappa shape index (κ2) is 9.03. The van der Waals surface area contributed by atoms with Crippen molar-refractivity contribution in [3.05, 3.63) is 0 Å². The van der Waals surface area contributed by atoms with E-state index in [2.05, 4.69) is 0 Å². The maximum atomic E-state index is 10.6. The van der Waals surface area contributed by atoms with Crippen LogP contribution in [-0.2, 0) is 52.3 Å². The second-order valence-electron chi connectivity index (χ2n) is 4.19. The third kappa shape index (κ3) is 6.26. The molecule has 1 radical (unpaired) electrons. The molecule has 1 saturated heterocycles. The quantitative estimate of drug-likeness (QED) is 0.270.